The van der Waals surface area contributed by atoms with Gasteiger partial charge in [-0.25, -0.2) is 0 Å². The zero-order valence-electron chi connectivity index (χ0n) is 12.8. The predicted octanol–water partition coefficient (Wildman–Crippen LogP) is 4.95. The molecule has 0 amide bonds. The van der Waals surface area contributed by atoms with Crippen molar-refractivity contribution in [1.29, 1.82) is 0 Å². The van der Waals surface area contributed by atoms with Gasteiger partial charge in [-0.1, -0.05) is 12.1 Å². The fourth-order valence-corrected chi connectivity index (χ4v) is 5.38. The van der Waals surface area contributed by atoms with E-state index in [0.717, 1.165) is 11.5 Å². The van der Waals surface area contributed by atoms with Crippen LogP contribution in [0.15, 0.2) is 46.2 Å². The van der Waals surface area contributed by atoms with Crippen molar-refractivity contribution in [3.63, 3.8) is 0 Å². The van der Waals surface area contributed by atoms with Crippen molar-refractivity contribution in [3.05, 3.63) is 55.9 Å². The highest BCUT2D eigenvalue weighted by atomic mass is 32.1. The van der Waals surface area contributed by atoms with Gasteiger partial charge in [0.05, 0.1) is 21.6 Å². The molecule has 5 heterocycles. The molecule has 2 aromatic heterocycles. The Morgan fingerprint density at radius 3 is 1.65 bits per heavy atom. The highest BCUT2D eigenvalue weighted by Crippen LogP contribution is 2.55. The molecule has 1 saturated heterocycles. The van der Waals surface area contributed by atoms with Crippen LogP contribution in [-0.2, 0) is 14.2 Å². The molecule has 3 nitrogen and oxygen atoms in total. The summed E-state index contributed by atoms with van der Waals surface area (Å²) in [5, 5.41) is 4.16. The van der Waals surface area contributed by atoms with E-state index in [0.29, 0.717) is 0 Å². The van der Waals surface area contributed by atoms with E-state index in [1.54, 1.807) is 22.7 Å². The first-order valence-corrected chi connectivity index (χ1v) is 9.48. The Morgan fingerprint density at radius 1 is 0.783 bits per heavy atom. The lowest BCUT2D eigenvalue weighted by atomic mass is 9.84. The van der Waals surface area contributed by atoms with Gasteiger partial charge >= 0.3 is 0 Å². The molecule has 0 aliphatic carbocycles. The monoisotopic (exact) mass is 344 g/mol. The second kappa shape index (κ2) is 4.97. The predicted molar refractivity (Wildman–Crippen MR) is 91.6 cm³/mol. The lowest BCUT2D eigenvalue weighted by Gasteiger charge is -2.14. The van der Waals surface area contributed by atoms with E-state index in [2.05, 4.69) is 48.9 Å². The first-order valence-electron chi connectivity index (χ1n) is 7.72. The summed E-state index contributed by atoms with van der Waals surface area (Å²) in [4.78, 5) is 2.35. The smallest absolute Gasteiger partial charge is 0.211 e. The maximum Gasteiger partial charge on any atom is 0.211 e. The van der Waals surface area contributed by atoms with Gasteiger partial charge in [0.1, 0.15) is 11.5 Å². The summed E-state index contributed by atoms with van der Waals surface area (Å²) in [6.45, 7) is 4.34. The number of fused-ring (bicyclic) bond motifs is 3. The van der Waals surface area contributed by atoms with Crippen LogP contribution < -0.4 is 0 Å². The maximum atomic E-state index is 6.12. The third-order valence-corrected chi connectivity index (χ3v) is 6.65. The van der Waals surface area contributed by atoms with Crippen molar-refractivity contribution >= 4 is 34.2 Å². The maximum absolute atomic E-state index is 6.12. The van der Waals surface area contributed by atoms with Gasteiger partial charge in [-0.3, -0.25) is 0 Å². The molecule has 5 rings (SSSR count). The average molecular weight is 344 g/mol. The minimum absolute atomic E-state index is 0.220. The summed E-state index contributed by atoms with van der Waals surface area (Å²) in [5.41, 5.74) is 2.56. The quantitative estimate of drug-likeness (QED) is 0.772. The fourth-order valence-electron chi connectivity index (χ4n) is 3.83. The number of hydrogen-bond acceptors (Lipinski definition) is 5. The zero-order chi connectivity index (χ0) is 15.6. The van der Waals surface area contributed by atoms with E-state index in [9.17, 15) is 0 Å². The van der Waals surface area contributed by atoms with Crippen LogP contribution in [0.25, 0.3) is 11.5 Å². The molecule has 118 valence electrons. The van der Waals surface area contributed by atoms with Crippen LogP contribution in [0.5, 0.6) is 0 Å². The molecule has 4 atom stereocenters. The molecule has 0 spiro atoms. The number of thiophene rings is 2. The molecule has 0 unspecified atom stereocenters. The first-order chi connectivity index (χ1) is 11.2. The fraction of sp³-hybridized carbons (Fsp3) is 0.333. The van der Waals surface area contributed by atoms with Crippen LogP contribution in [0.2, 0.25) is 0 Å². The standard InChI is InChI=1S/C18H16O3S2/c1-9-13-14-10(2)16(12-6-4-8-23-12)20-18(14)21-17(13)19-15(9)11-5-3-7-22-11/h3-8,13-14,17-18H,1-2H3/t13-,14-,17+,18+/m0/s1. The van der Waals surface area contributed by atoms with Gasteiger partial charge in [0.2, 0.25) is 12.6 Å². The molecule has 5 heteroatoms. The Bertz CT molecular complexity index is 733. The minimum Gasteiger partial charge on any atom is -0.463 e. The average Bonchev–Trinajstić information content (AvgIpc) is 3.30. The molecule has 0 saturated carbocycles. The molecule has 2 aromatic rings. The van der Waals surface area contributed by atoms with Gasteiger partial charge in [-0.05, 0) is 47.9 Å². The molecule has 0 N–H and O–H groups in total. The Morgan fingerprint density at radius 2 is 1.26 bits per heavy atom. The molecule has 0 aromatic carbocycles. The van der Waals surface area contributed by atoms with Crippen molar-refractivity contribution in [3.8, 4) is 0 Å². The SMILES string of the molecule is CC1=C(c2cccs2)O[C@@H]2O[C@H]3OC(c4cccs4)=C(C)[C@H]3[C@H]12. The first kappa shape index (κ1) is 13.8. The number of rotatable bonds is 2. The van der Waals surface area contributed by atoms with Crippen molar-refractivity contribution in [2.75, 3.05) is 0 Å². The number of ether oxygens (including phenoxy) is 3. The lowest BCUT2D eigenvalue weighted by molar-refractivity contribution is -0.157. The summed E-state index contributed by atoms with van der Waals surface area (Å²) >= 11 is 3.41. The zero-order valence-corrected chi connectivity index (χ0v) is 14.4. The van der Waals surface area contributed by atoms with Gasteiger partial charge < -0.3 is 14.2 Å². The summed E-state index contributed by atoms with van der Waals surface area (Å²) in [5.74, 6) is 2.47. The van der Waals surface area contributed by atoms with Crippen LogP contribution in [0.1, 0.15) is 23.6 Å². The van der Waals surface area contributed by atoms with E-state index in [4.69, 9.17) is 14.2 Å². The normalized spacial score (nSPS) is 32.1. The summed E-state index contributed by atoms with van der Waals surface area (Å²) in [6, 6.07) is 8.32. The van der Waals surface area contributed by atoms with Crippen LogP contribution in [-0.4, -0.2) is 12.6 Å². The minimum atomic E-state index is -0.220. The molecule has 0 bridgehead atoms. The third-order valence-electron chi connectivity index (χ3n) is 4.92. The highest BCUT2D eigenvalue weighted by Gasteiger charge is 2.56. The Balaban J connectivity index is 1.54. The van der Waals surface area contributed by atoms with Crippen molar-refractivity contribution in [2.24, 2.45) is 11.8 Å². The van der Waals surface area contributed by atoms with Gasteiger partial charge in [-0.15, -0.1) is 22.7 Å². The molecule has 23 heavy (non-hydrogen) atoms. The molecule has 3 aliphatic rings. The van der Waals surface area contributed by atoms with Gasteiger partial charge in [0.25, 0.3) is 0 Å². The highest BCUT2D eigenvalue weighted by molar-refractivity contribution is 7.11. The Hall–Kier alpha value is -1.56. The Labute approximate surface area is 142 Å². The van der Waals surface area contributed by atoms with E-state index in [1.165, 1.54) is 20.9 Å². The van der Waals surface area contributed by atoms with E-state index >= 15 is 0 Å². The number of hydrogen-bond donors (Lipinski definition) is 0. The van der Waals surface area contributed by atoms with E-state index in [1.807, 2.05) is 0 Å². The van der Waals surface area contributed by atoms with Crippen LogP contribution in [0.4, 0.5) is 0 Å². The summed E-state index contributed by atoms with van der Waals surface area (Å²) in [6.07, 6.45) is -0.441. The van der Waals surface area contributed by atoms with Crippen molar-refractivity contribution in [1.82, 2.24) is 0 Å². The molecule has 1 fully saturated rings. The van der Waals surface area contributed by atoms with Crippen molar-refractivity contribution in [2.45, 2.75) is 26.4 Å². The summed E-state index contributed by atoms with van der Waals surface area (Å²) < 4.78 is 18.3. The largest absolute Gasteiger partial charge is 0.463 e. The van der Waals surface area contributed by atoms with Gasteiger partial charge in [0, 0.05) is 0 Å². The van der Waals surface area contributed by atoms with E-state index in [-0.39, 0.29) is 24.4 Å². The molecule has 0 radical (unpaired) electrons. The molecular weight excluding hydrogens is 328 g/mol. The van der Waals surface area contributed by atoms with Gasteiger partial charge in [0.15, 0.2) is 0 Å². The summed E-state index contributed by atoms with van der Waals surface area (Å²) in [7, 11) is 0. The van der Waals surface area contributed by atoms with Crippen LogP contribution in [0, 0.1) is 11.8 Å². The molecular formula is C18H16O3S2. The topological polar surface area (TPSA) is 27.7 Å². The second-order valence-electron chi connectivity index (χ2n) is 6.14. The second-order valence-corrected chi connectivity index (χ2v) is 8.03. The van der Waals surface area contributed by atoms with Crippen molar-refractivity contribution < 1.29 is 14.2 Å². The molecule has 3 aliphatic heterocycles. The lowest BCUT2D eigenvalue weighted by Crippen LogP contribution is -2.19. The third kappa shape index (κ3) is 1.90. The Kier molecular flexibility index (Phi) is 2.99. The van der Waals surface area contributed by atoms with Crippen LogP contribution in [0.3, 0.4) is 0 Å². The van der Waals surface area contributed by atoms with Gasteiger partial charge in [-0.2, -0.15) is 0 Å². The van der Waals surface area contributed by atoms with E-state index < -0.39 is 0 Å². The van der Waals surface area contributed by atoms with Crippen LogP contribution >= 0.6 is 22.7 Å².